The van der Waals surface area contributed by atoms with Gasteiger partial charge in [0.1, 0.15) is 0 Å². The Morgan fingerprint density at radius 3 is 2.06 bits per heavy atom. The third-order valence-electron chi connectivity index (χ3n) is 2.50. The van der Waals surface area contributed by atoms with Crippen molar-refractivity contribution in [3.63, 3.8) is 0 Å². The SMILES string of the molecule is CCc1ccc(CN(C)C(=O)C(C)=O)cc1. The van der Waals surface area contributed by atoms with E-state index in [1.165, 1.54) is 17.4 Å². The van der Waals surface area contributed by atoms with Crippen LogP contribution in [0.5, 0.6) is 0 Å². The number of rotatable bonds is 4. The van der Waals surface area contributed by atoms with Crippen LogP contribution in [0.3, 0.4) is 0 Å². The maximum atomic E-state index is 11.3. The second kappa shape index (κ2) is 5.45. The van der Waals surface area contributed by atoms with Crippen LogP contribution in [0.2, 0.25) is 0 Å². The first-order valence-electron chi connectivity index (χ1n) is 5.38. The summed E-state index contributed by atoms with van der Waals surface area (Å²) in [6.07, 6.45) is 1.00. The summed E-state index contributed by atoms with van der Waals surface area (Å²) >= 11 is 0. The highest BCUT2D eigenvalue weighted by Gasteiger charge is 2.13. The number of nitrogens with zero attached hydrogens (tertiary/aromatic N) is 1. The van der Waals surface area contributed by atoms with Gasteiger partial charge in [-0.15, -0.1) is 0 Å². The van der Waals surface area contributed by atoms with Crippen molar-refractivity contribution in [3.05, 3.63) is 35.4 Å². The summed E-state index contributed by atoms with van der Waals surface area (Å²) in [7, 11) is 1.64. The van der Waals surface area contributed by atoms with Gasteiger partial charge in [-0.05, 0) is 17.5 Å². The van der Waals surface area contributed by atoms with Crippen molar-refractivity contribution in [3.8, 4) is 0 Å². The van der Waals surface area contributed by atoms with Gasteiger partial charge in [-0.25, -0.2) is 0 Å². The molecule has 0 spiro atoms. The van der Waals surface area contributed by atoms with Gasteiger partial charge in [-0.3, -0.25) is 9.59 Å². The van der Waals surface area contributed by atoms with Crippen molar-refractivity contribution >= 4 is 11.7 Å². The number of Topliss-reactive ketones (excluding diaryl/α,β-unsaturated/α-hetero) is 1. The zero-order valence-corrected chi connectivity index (χ0v) is 9.99. The smallest absolute Gasteiger partial charge is 0.289 e. The molecule has 0 atom stereocenters. The Kier molecular flexibility index (Phi) is 4.23. The first kappa shape index (κ1) is 12.4. The number of likely N-dealkylation sites (N-methyl/N-ethyl adjacent to an activating group) is 1. The van der Waals surface area contributed by atoms with Gasteiger partial charge in [0.05, 0.1) is 0 Å². The highest BCUT2D eigenvalue weighted by atomic mass is 16.2. The molecule has 0 saturated carbocycles. The van der Waals surface area contributed by atoms with E-state index in [-0.39, 0.29) is 0 Å². The van der Waals surface area contributed by atoms with E-state index in [1.807, 2.05) is 24.3 Å². The molecule has 0 aromatic heterocycles. The monoisotopic (exact) mass is 219 g/mol. The second-order valence-electron chi connectivity index (χ2n) is 3.89. The Balaban J connectivity index is 2.66. The normalized spacial score (nSPS) is 9.94. The fourth-order valence-corrected chi connectivity index (χ4v) is 1.49. The Labute approximate surface area is 96.1 Å². The van der Waals surface area contributed by atoms with E-state index in [0.29, 0.717) is 6.54 Å². The van der Waals surface area contributed by atoms with E-state index in [9.17, 15) is 9.59 Å². The fraction of sp³-hybridized carbons (Fsp3) is 0.385. The molecule has 0 N–H and O–H groups in total. The minimum Gasteiger partial charge on any atom is -0.335 e. The molecule has 1 amide bonds. The summed E-state index contributed by atoms with van der Waals surface area (Å²) in [5.74, 6) is -0.868. The number of benzene rings is 1. The molecule has 3 nitrogen and oxygen atoms in total. The third-order valence-corrected chi connectivity index (χ3v) is 2.50. The quantitative estimate of drug-likeness (QED) is 0.724. The van der Waals surface area contributed by atoms with Crippen LogP contribution in [-0.4, -0.2) is 23.6 Å². The zero-order chi connectivity index (χ0) is 12.1. The predicted molar refractivity (Wildman–Crippen MR) is 63.0 cm³/mol. The molecule has 3 heteroatoms. The molecular formula is C13H17NO2. The van der Waals surface area contributed by atoms with Gasteiger partial charge in [0, 0.05) is 20.5 Å². The Bertz CT molecular complexity index is 381. The van der Waals surface area contributed by atoms with Gasteiger partial charge in [0.25, 0.3) is 5.91 Å². The molecule has 0 bridgehead atoms. The maximum Gasteiger partial charge on any atom is 0.289 e. The van der Waals surface area contributed by atoms with E-state index in [1.54, 1.807) is 7.05 Å². The highest BCUT2D eigenvalue weighted by Crippen LogP contribution is 2.07. The van der Waals surface area contributed by atoms with Crippen molar-refractivity contribution in [1.82, 2.24) is 4.90 Å². The molecule has 0 heterocycles. The molecule has 0 fully saturated rings. The number of amides is 1. The van der Waals surface area contributed by atoms with Crippen LogP contribution in [0.4, 0.5) is 0 Å². The number of hydrogen-bond donors (Lipinski definition) is 0. The average Bonchev–Trinajstić information content (AvgIpc) is 2.28. The number of aryl methyl sites for hydroxylation is 1. The predicted octanol–water partition coefficient (Wildman–Crippen LogP) is 1.80. The van der Waals surface area contributed by atoms with Crippen LogP contribution >= 0.6 is 0 Å². The maximum absolute atomic E-state index is 11.3. The van der Waals surface area contributed by atoms with E-state index in [2.05, 4.69) is 6.92 Å². The molecule has 1 aromatic carbocycles. The van der Waals surface area contributed by atoms with Crippen molar-refractivity contribution in [1.29, 1.82) is 0 Å². The molecule has 0 radical (unpaired) electrons. The summed E-state index contributed by atoms with van der Waals surface area (Å²) in [5.41, 5.74) is 2.30. The Morgan fingerprint density at radius 1 is 1.12 bits per heavy atom. The molecule has 1 aromatic rings. The van der Waals surface area contributed by atoms with E-state index in [0.717, 1.165) is 12.0 Å². The number of ketones is 1. The van der Waals surface area contributed by atoms with Crippen molar-refractivity contribution in [2.45, 2.75) is 26.8 Å². The lowest BCUT2D eigenvalue weighted by molar-refractivity contribution is -0.143. The molecule has 0 aliphatic carbocycles. The topological polar surface area (TPSA) is 37.4 Å². The molecule has 1 rings (SSSR count). The van der Waals surface area contributed by atoms with Gasteiger partial charge >= 0.3 is 0 Å². The fourth-order valence-electron chi connectivity index (χ4n) is 1.49. The van der Waals surface area contributed by atoms with Crippen LogP contribution < -0.4 is 0 Å². The molecule has 0 aliphatic heterocycles. The van der Waals surface area contributed by atoms with Crippen LogP contribution in [0, 0.1) is 0 Å². The first-order chi connectivity index (χ1) is 7.54. The van der Waals surface area contributed by atoms with E-state index >= 15 is 0 Å². The largest absolute Gasteiger partial charge is 0.335 e. The lowest BCUT2D eigenvalue weighted by Crippen LogP contribution is -2.31. The van der Waals surface area contributed by atoms with E-state index < -0.39 is 11.7 Å². The Morgan fingerprint density at radius 2 is 1.62 bits per heavy atom. The van der Waals surface area contributed by atoms with Crippen LogP contribution in [-0.2, 0) is 22.6 Å². The van der Waals surface area contributed by atoms with Gasteiger partial charge < -0.3 is 4.90 Å². The minimum absolute atomic E-state index is 0.423. The summed E-state index contributed by atoms with van der Waals surface area (Å²) in [5, 5.41) is 0. The van der Waals surface area contributed by atoms with E-state index in [4.69, 9.17) is 0 Å². The molecule has 86 valence electrons. The molecule has 0 aliphatic rings. The van der Waals surface area contributed by atoms with Crippen LogP contribution in [0.25, 0.3) is 0 Å². The number of carbonyl (C=O) groups is 2. The van der Waals surface area contributed by atoms with Gasteiger partial charge in [-0.1, -0.05) is 31.2 Å². The van der Waals surface area contributed by atoms with Crippen LogP contribution in [0.1, 0.15) is 25.0 Å². The van der Waals surface area contributed by atoms with Crippen molar-refractivity contribution in [2.75, 3.05) is 7.05 Å². The lowest BCUT2D eigenvalue weighted by Gasteiger charge is -2.15. The average molecular weight is 219 g/mol. The van der Waals surface area contributed by atoms with Gasteiger partial charge in [-0.2, -0.15) is 0 Å². The number of carbonyl (C=O) groups excluding carboxylic acids is 2. The Hall–Kier alpha value is -1.64. The summed E-state index contributed by atoms with van der Waals surface area (Å²) < 4.78 is 0. The van der Waals surface area contributed by atoms with Gasteiger partial charge in [0.2, 0.25) is 5.78 Å². The molecule has 0 saturated heterocycles. The van der Waals surface area contributed by atoms with Crippen molar-refractivity contribution in [2.24, 2.45) is 0 Å². The molecule has 0 unspecified atom stereocenters. The van der Waals surface area contributed by atoms with Gasteiger partial charge in [0.15, 0.2) is 0 Å². The third kappa shape index (κ3) is 3.19. The van der Waals surface area contributed by atoms with Crippen molar-refractivity contribution < 1.29 is 9.59 Å². The summed E-state index contributed by atoms with van der Waals surface area (Å²) in [6.45, 7) is 3.86. The number of hydrogen-bond acceptors (Lipinski definition) is 2. The van der Waals surface area contributed by atoms with Crippen LogP contribution in [0.15, 0.2) is 24.3 Å². The highest BCUT2D eigenvalue weighted by molar-refractivity contribution is 6.34. The molecule has 16 heavy (non-hydrogen) atoms. The zero-order valence-electron chi connectivity index (χ0n) is 9.99. The summed E-state index contributed by atoms with van der Waals surface area (Å²) in [4.78, 5) is 23.7. The minimum atomic E-state index is -0.445. The first-order valence-corrected chi connectivity index (χ1v) is 5.38. The lowest BCUT2D eigenvalue weighted by atomic mass is 10.1. The summed E-state index contributed by atoms with van der Waals surface area (Å²) in [6, 6.07) is 8.06. The standard InChI is InChI=1S/C13H17NO2/c1-4-11-5-7-12(8-6-11)9-14(3)13(16)10(2)15/h5-8H,4,9H2,1-3H3. The molecular weight excluding hydrogens is 202 g/mol. The second-order valence-corrected chi connectivity index (χ2v) is 3.89.